The molecule has 2 amide bonds. The van der Waals surface area contributed by atoms with Crippen LogP contribution in [-0.4, -0.2) is 88.1 Å². The first-order chi connectivity index (χ1) is 18.1. The number of nitrogens with one attached hydrogen (secondary N) is 2. The van der Waals surface area contributed by atoms with E-state index in [0.29, 0.717) is 9.90 Å². The number of carbonyl (C=O) groups excluding carboxylic acids is 2. The Bertz CT molecular complexity index is 1390. The number of hydrogen-bond donors (Lipinski definition) is 2. The molecule has 0 bridgehead atoms. The van der Waals surface area contributed by atoms with Crippen molar-refractivity contribution in [3.05, 3.63) is 41.4 Å². The summed E-state index contributed by atoms with van der Waals surface area (Å²) in [5, 5.41) is 2.84. The number of amides is 2. The number of thiophene rings is 1. The molecule has 2 aromatic rings. The Labute approximate surface area is 237 Å². The number of hydroxylamine groups is 1. The molecule has 2 N–H and O–H groups in total. The Balaban J connectivity index is 1.86. The highest BCUT2D eigenvalue weighted by Crippen LogP contribution is 2.34. The predicted octanol–water partition coefficient (Wildman–Crippen LogP) is 2.28. The molecule has 39 heavy (non-hydrogen) atoms. The molecule has 1 aromatic carbocycles. The molecule has 3 rings (SSSR count). The number of alkyl carbamates (subject to hydrolysis) is 1. The van der Waals surface area contributed by atoms with Crippen molar-refractivity contribution < 1.29 is 36.0 Å². The summed E-state index contributed by atoms with van der Waals surface area (Å²) in [4.78, 5) is 30.5. The number of carbonyl (C=O) groups is 2. The number of methoxy groups -OCH3 is 1. The van der Waals surface area contributed by atoms with E-state index in [1.807, 2.05) is 0 Å². The molecule has 0 saturated carbocycles. The number of piperazine rings is 1. The summed E-state index contributed by atoms with van der Waals surface area (Å²) in [5.41, 5.74) is 2.27. The molecule has 1 saturated heterocycles. The van der Waals surface area contributed by atoms with Gasteiger partial charge in [0, 0.05) is 36.1 Å². The normalized spacial score (nSPS) is 17.5. The van der Waals surface area contributed by atoms with Crippen LogP contribution in [-0.2, 0) is 34.4 Å². The van der Waals surface area contributed by atoms with Gasteiger partial charge in [0.1, 0.15) is 10.3 Å². The third kappa shape index (κ3) is 8.13. The highest BCUT2D eigenvalue weighted by molar-refractivity contribution is 7.91. The van der Waals surface area contributed by atoms with Crippen LogP contribution in [0.15, 0.2) is 40.6 Å². The Morgan fingerprint density at radius 2 is 1.74 bits per heavy atom. The monoisotopic (exact) mass is 622 g/mol. The molecule has 1 aliphatic heterocycles. The van der Waals surface area contributed by atoms with Gasteiger partial charge in [-0.25, -0.2) is 27.1 Å². The van der Waals surface area contributed by atoms with Gasteiger partial charge in [0.15, 0.2) is 0 Å². The molecule has 0 aliphatic carbocycles. The molecule has 0 radical (unpaired) electrons. The van der Waals surface area contributed by atoms with E-state index in [1.54, 1.807) is 51.1 Å². The van der Waals surface area contributed by atoms with Crippen molar-refractivity contribution in [1.82, 2.24) is 19.4 Å². The zero-order valence-electron chi connectivity index (χ0n) is 21.8. The zero-order valence-corrected chi connectivity index (χ0v) is 25.0. The number of benzene rings is 1. The maximum Gasteiger partial charge on any atom is 0.406 e. The smallest absolute Gasteiger partial charge is 0.406 e. The lowest BCUT2D eigenvalue weighted by Crippen LogP contribution is -2.62. The molecule has 1 aliphatic rings. The second kappa shape index (κ2) is 12.5. The van der Waals surface area contributed by atoms with Crippen molar-refractivity contribution in [2.24, 2.45) is 0 Å². The van der Waals surface area contributed by atoms with Crippen molar-refractivity contribution in [2.45, 2.75) is 36.6 Å². The van der Waals surface area contributed by atoms with Gasteiger partial charge in [-0.1, -0.05) is 23.7 Å². The van der Waals surface area contributed by atoms with Crippen LogP contribution in [0, 0.1) is 0 Å². The first kappa shape index (κ1) is 31.3. The van der Waals surface area contributed by atoms with Crippen LogP contribution in [0.25, 0.3) is 10.4 Å². The number of ether oxygens (including phenoxy) is 1. The van der Waals surface area contributed by atoms with E-state index in [4.69, 9.17) is 16.4 Å². The van der Waals surface area contributed by atoms with Gasteiger partial charge >= 0.3 is 6.09 Å². The predicted molar refractivity (Wildman–Crippen MR) is 147 cm³/mol. The molecule has 1 fully saturated rings. The van der Waals surface area contributed by atoms with Crippen molar-refractivity contribution in [2.75, 3.05) is 39.0 Å². The average molecular weight is 623 g/mol. The summed E-state index contributed by atoms with van der Waals surface area (Å²) in [6, 6.07) is 8.63. The minimum Gasteiger partial charge on any atom is -0.453 e. The number of halogens is 1. The summed E-state index contributed by atoms with van der Waals surface area (Å²) in [7, 11) is -6.99. The van der Waals surface area contributed by atoms with Crippen LogP contribution in [0.2, 0.25) is 5.02 Å². The Morgan fingerprint density at radius 1 is 1.08 bits per heavy atom. The molecule has 16 heteroatoms. The Morgan fingerprint density at radius 3 is 2.36 bits per heavy atom. The summed E-state index contributed by atoms with van der Waals surface area (Å²) in [6.07, 6.45) is -0.786. The van der Waals surface area contributed by atoms with Gasteiger partial charge in [-0.2, -0.15) is 8.61 Å². The van der Waals surface area contributed by atoms with Crippen molar-refractivity contribution in [3.63, 3.8) is 0 Å². The topological polar surface area (TPSA) is 151 Å². The van der Waals surface area contributed by atoms with Crippen molar-refractivity contribution in [1.29, 1.82) is 0 Å². The van der Waals surface area contributed by atoms with E-state index < -0.39 is 56.0 Å². The molecule has 2 heterocycles. The third-order valence-corrected chi connectivity index (χ3v) is 11.1. The molecule has 1 atom stereocenters. The second-order valence-electron chi connectivity index (χ2n) is 9.53. The molecule has 0 spiro atoms. The van der Waals surface area contributed by atoms with Crippen LogP contribution in [0.1, 0.15) is 20.8 Å². The average Bonchev–Trinajstić information content (AvgIpc) is 3.38. The summed E-state index contributed by atoms with van der Waals surface area (Å²) < 4.78 is 59.8. The van der Waals surface area contributed by atoms with Gasteiger partial charge in [0.05, 0.1) is 18.5 Å². The number of nitrogens with zero attached hydrogens (tertiary/aromatic N) is 2. The van der Waals surface area contributed by atoms with Crippen LogP contribution in [0.5, 0.6) is 0 Å². The summed E-state index contributed by atoms with van der Waals surface area (Å²) in [6.45, 7) is 3.97. The van der Waals surface area contributed by atoms with E-state index in [-0.39, 0.29) is 23.8 Å². The minimum absolute atomic E-state index is 0.000532. The second-order valence-corrected chi connectivity index (χ2v) is 15.3. The number of rotatable bonds is 9. The third-order valence-electron chi connectivity index (χ3n) is 5.54. The van der Waals surface area contributed by atoms with Gasteiger partial charge < -0.3 is 10.1 Å². The number of hydrogen-bond acceptors (Lipinski definition) is 9. The lowest BCUT2D eigenvalue weighted by molar-refractivity contribution is -0.150. The van der Waals surface area contributed by atoms with Gasteiger partial charge in [-0.15, -0.1) is 11.3 Å². The molecular weight excluding hydrogens is 592 g/mol. The maximum atomic E-state index is 13.7. The first-order valence-electron chi connectivity index (χ1n) is 11.8. The Kier molecular flexibility index (Phi) is 10.0. The summed E-state index contributed by atoms with van der Waals surface area (Å²) in [5.74, 6) is -1.27. The molecular formula is C23H31ClN4O8S3. The summed E-state index contributed by atoms with van der Waals surface area (Å²) >= 11 is 6.98. The lowest BCUT2D eigenvalue weighted by atomic mass is 10.2. The van der Waals surface area contributed by atoms with Crippen LogP contribution >= 0.6 is 22.9 Å². The van der Waals surface area contributed by atoms with Gasteiger partial charge in [0.25, 0.3) is 15.9 Å². The fourth-order valence-corrected chi connectivity index (χ4v) is 8.08. The fraction of sp³-hybridized carbons (Fsp3) is 0.478. The van der Waals surface area contributed by atoms with E-state index in [1.165, 1.54) is 6.07 Å². The van der Waals surface area contributed by atoms with Crippen molar-refractivity contribution >= 4 is 55.0 Å². The molecule has 0 unspecified atom stereocenters. The van der Waals surface area contributed by atoms with Crippen LogP contribution in [0.4, 0.5) is 4.79 Å². The maximum absolute atomic E-state index is 13.7. The SMILES string of the molecule is COC(=O)NCCS(=O)(=O)N1CCN(S(=O)(=O)c2ccc(-c3ccc(Cl)cc3)s2)[C@@H](C(=O)NOC(C)(C)C)C1. The standard InChI is InChI=1S/C23H31ClN4O8S3/c1-23(2,3)36-26-21(29)18-15-27(38(31,32)14-11-25-22(30)35-4)12-13-28(18)39(33,34)20-10-9-19(37-20)16-5-7-17(24)8-6-16/h5-10,18H,11-15H2,1-4H3,(H,25,30)(H,26,29)/t18-/m1/s1. The zero-order chi connectivity index (χ0) is 29.0. The van der Waals surface area contributed by atoms with Crippen LogP contribution in [0.3, 0.4) is 0 Å². The van der Waals surface area contributed by atoms with E-state index in [9.17, 15) is 26.4 Å². The lowest BCUT2D eigenvalue weighted by Gasteiger charge is -2.38. The van der Waals surface area contributed by atoms with E-state index in [2.05, 4.69) is 15.5 Å². The highest BCUT2D eigenvalue weighted by atomic mass is 35.5. The van der Waals surface area contributed by atoms with Gasteiger partial charge in [-0.3, -0.25) is 9.63 Å². The highest BCUT2D eigenvalue weighted by Gasteiger charge is 2.44. The molecule has 1 aromatic heterocycles. The molecule has 216 valence electrons. The molecule has 12 nitrogen and oxygen atoms in total. The van der Waals surface area contributed by atoms with E-state index >= 15 is 0 Å². The Hall–Kier alpha value is -2.27. The van der Waals surface area contributed by atoms with Gasteiger partial charge in [-0.05, 0) is 50.6 Å². The number of sulfonamides is 2. The van der Waals surface area contributed by atoms with Gasteiger partial charge in [0.2, 0.25) is 10.0 Å². The quantitative estimate of drug-likeness (QED) is 0.404. The minimum atomic E-state index is -4.19. The van der Waals surface area contributed by atoms with E-state index in [0.717, 1.165) is 32.6 Å². The largest absolute Gasteiger partial charge is 0.453 e. The fourth-order valence-electron chi connectivity index (χ4n) is 3.59. The first-order valence-corrected chi connectivity index (χ1v) is 16.0. The van der Waals surface area contributed by atoms with Crippen LogP contribution < -0.4 is 10.8 Å². The van der Waals surface area contributed by atoms with Crippen molar-refractivity contribution in [3.8, 4) is 10.4 Å².